The topological polar surface area (TPSA) is 87.7 Å². The Morgan fingerprint density at radius 3 is 2.50 bits per heavy atom. The predicted octanol–water partition coefficient (Wildman–Crippen LogP) is 6.24. The number of hydrogen-bond donors (Lipinski definition) is 2. The number of benzene rings is 3. The minimum atomic E-state index is -0.577. The number of anilines is 1. The van der Waals surface area contributed by atoms with Crippen molar-refractivity contribution in [3.63, 3.8) is 0 Å². The molecule has 2 N–H and O–H groups in total. The van der Waals surface area contributed by atoms with Crippen molar-refractivity contribution < 1.29 is 14.4 Å². The van der Waals surface area contributed by atoms with Gasteiger partial charge in [0.25, 0.3) is 0 Å². The van der Waals surface area contributed by atoms with Crippen molar-refractivity contribution in [2.75, 3.05) is 5.32 Å². The smallest absolute Gasteiger partial charge is 0.227 e. The molecular weight excluding hydrogens is 450 g/mol. The van der Waals surface area contributed by atoms with Gasteiger partial charge in [-0.05, 0) is 55.8 Å². The molecule has 6 nitrogen and oxygen atoms in total. The zero-order chi connectivity index (χ0) is 23.8. The third-order valence-corrected chi connectivity index (χ3v) is 6.08. The van der Waals surface area contributed by atoms with Crippen LogP contribution in [-0.4, -0.2) is 21.9 Å². The van der Waals surface area contributed by atoms with Crippen LogP contribution in [0.15, 0.2) is 76.2 Å². The number of amides is 1. The molecule has 2 heterocycles. The van der Waals surface area contributed by atoms with Gasteiger partial charge in [0.1, 0.15) is 11.8 Å². The summed E-state index contributed by atoms with van der Waals surface area (Å²) in [5, 5.41) is 17.2. The number of aromatic hydroxyl groups is 1. The molecular formula is C27H22ClN3O3. The van der Waals surface area contributed by atoms with Crippen LogP contribution in [0.25, 0.3) is 11.1 Å². The van der Waals surface area contributed by atoms with Crippen molar-refractivity contribution in [1.29, 1.82) is 0 Å². The number of carbonyl (C=O) groups excluding carboxylic acids is 1. The number of rotatable bonds is 4. The maximum absolute atomic E-state index is 13.0. The van der Waals surface area contributed by atoms with Crippen molar-refractivity contribution in [2.45, 2.75) is 26.3 Å². The van der Waals surface area contributed by atoms with Gasteiger partial charge >= 0.3 is 0 Å². The first-order valence-electron chi connectivity index (χ1n) is 10.9. The van der Waals surface area contributed by atoms with Crippen LogP contribution in [0.5, 0.6) is 5.75 Å². The van der Waals surface area contributed by atoms with Gasteiger partial charge in [-0.3, -0.25) is 9.79 Å². The lowest BCUT2D eigenvalue weighted by Crippen LogP contribution is -2.15. The first-order chi connectivity index (χ1) is 16.4. The molecule has 1 aromatic heterocycles. The van der Waals surface area contributed by atoms with E-state index in [4.69, 9.17) is 21.1 Å². The molecule has 0 radical (unpaired) electrons. The molecule has 3 aromatic carbocycles. The second-order valence-electron chi connectivity index (χ2n) is 8.36. The van der Waals surface area contributed by atoms with Gasteiger partial charge in [0, 0.05) is 21.8 Å². The number of aromatic nitrogens is 1. The van der Waals surface area contributed by atoms with Gasteiger partial charge in [-0.1, -0.05) is 52.7 Å². The standard InChI is InChI=1S/C27H22ClN3O3/c1-15-3-12-21-22(13-15)25-16(2)31-34-27(25)23(30-26(21)17-4-6-18(28)7-5-17)14-24(33)29-19-8-10-20(32)11-9-19/h3-13,23,32H,14H2,1-2H3,(H,29,33). The Bertz CT molecular complexity index is 1410. The van der Waals surface area contributed by atoms with Crippen LogP contribution in [0.2, 0.25) is 5.02 Å². The Morgan fingerprint density at radius 2 is 1.76 bits per heavy atom. The monoisotopic (exact) mass is 471 g/mol. The molecule has 1 unspecified atom stereocenters. The second-order valence-corrected chi connectivity index (χ2v) is 8.79. The lowest BCUT2D eigenvalue weighted by Gasteiger charge is -2.13. The highest BCUT2D eigenvalue weighted by molar-refractivity contribution is 6.30. The van der Waals surface area contributed by atoms with Gasteiger partial charge in [0.2, 0.25) is 5.91 Å². The van der Waals surface area contributed by atoms with Crippen molar-refractivity contribution in [2.24, 2.45) is 4.99 Å². The highest BCUT2D eigenvalue weighted by Crippen LogP contribution is 2.41. The summed E-state index contributed by atoms with van der Waals surface area (Å²) in [4.78, 5) is 18.0. The quantitative estimate of drug-likeness (QED) is 0.345. The summed E-state index contributed by atoms with van der Waals surface area (Å²) in [5.41, 5.74) is 6.89. The van der Waals surface area contributed by atoms with E-state index in [9.17, 15) is 9.90 Å². The van der Waals surface area contributed by atoms with Crippen LogP contribution in [0.3, 0.4) is 0 Å². The van der Waals surface area contributed by atoms with Crippen molar-refractivity contribution in [3.05, 3.63) is 99.9 Å². The Hall–Kier alpha value is -3.90. The molecule has 0 aliphatic carbocycles. The maximum Gasteiger partial charge on any atom is 0.227 e. The van der Waals surface area contributed by atoms with Crippen LogP contribution in [-0.2, 0) is 4.79 Å². The number of halogens is 1. The minimum absolute atomic E-state index is 0.0621. The fourth-order valence-electron chi connectivity index (χ4n) is 4.21. The van der Waals surface area contributed by atoms with Crippen LogP contribution < -0.4 is 5.32 Å². The molecule has 1 aliphatic rings. The molecule has 0 fully saturated rings. The van der Waals surface area contributed by atoms with Crippen LogP contribution in [0.1, 0.15) is 40.6 Å². The molecule has 7 heteroatoms. The van der Waals surface area contributed by atoms with Crippen molar-refractivity contribution in [1.82, 2.24) is 5.16 Å². The zero-order valence-corrected chi connectivity index (χ0v) is 19.4. The lowest BCUT2D eigenvalue weighted by molar-refractivity contribution is -0.116. The number of carbonyl (C=O) groups is 1. The van der Waals surface area contributed by atoms with Gasteiger partial charge in [-0.15, -0.1) is 0 Å². The fourth-order valence-corrected chi connectivity index (χ4v) is 4.33. The summed E-state index contributed by atoms with van der Waals surface area (Å²) in [6.45, 7) is 3.94. The van der Waals surface area contributed by atoms with E-state index in [-0.39, 0.29) is 18.1 Å². The largest absolute Gasteiger partial charge is 0.508 e. The summed E-state index contributed by atoms with van der Waals surface area (Å²) < 4.78 is 5.75. The van der Waals surface area contributed by atoms with E-state index in [0.717, 1.165) is 39.2 Å². The van der Waals surface area contributed by atoms with E-state index >= 15 is 0 Å². The maximum atomic E-state index is 13.0. The SMILES string of the molecule is Cc1ccc2c(c1)-c1c(C)noc1C(CC(=O)Nc1ccc(O)cc1)N=C2c1ccc(Cl)cc1. The van der Waals surface area contributed by atoms with Gasteiger partial charge < -0.3 is 14.9 Å². The lowest BCUT2D eigenvalue weighted by atomic mass is 9.91. The predicted molar refractivity (Wildman–Crippen MR) is 133 cm³/mol. The first kappa shape index (κ1) is 21.9. The Balaban J connectivity index is 1.60. The van der Waals surface area contributed by atoms with E-state index < -0.39 is 6.04 Å². The molecule has 4 aromatic rings. The first-order valence-corrected chi connectivity index (χ1v) is 11.3. The summed E-state index contributed by atoms with van der Waals surface area (Å²) in [5.74, 6) is 0.472. The van der Waals surface area contributed by atoms with Crippen LogP contribution in [0, 0.1) is 13.8 Å². The Labute approximate surface area is 201 Å². The molecule has 170 valence electrons. The number of fused-ring (bicyclic) bond motifs is 3. The fraction of sp³-hybridized carbons (Fsp3) is 0.148. The molecule has 1 aliphatic heterocycles. The van der Waals surface area contributed by atoms with Gasteiger partial charge in [-0.25, -0.2) is 0 Å². The molecule has 0 saturated carbocycles. The highest BCUT2D eigenvalue weighted by atomic mass is 35.5. The molecule has 5 rings (SSSR count). The number of nitrogens with one attached hydrogen (secondary N) is 1. The second kappa shape index (κ2) is 8.80. The third kappa shape index (κ3) is 4.20. The van der Waals surface area contributed by atoms with E-state index in [2.05, 4.69) is 16.5 Å². The number of hydrogen-bond acceptors (Lipinski definition) is 5. The summed E-state index contributed by atoms with van der Waals surface area (Å²) in [6.07, 6.45) is 0.0621. The van der Waals surface area contributed by atoms with E-state index in [1.54, 1.807) is 12.1 Å². The van der Waals surface area contributed by atoms with Crippen molar-refractivity contribution >= 4 is 28.9 Å². The zero-order valence-electron chi connectivity index (χ0n) is 18.7. The molecule has 1 atom stereocenters. The van der Waals surface area contributed by atoms with Crippen molar-refractivity contribution in [3.8, 4) is 16.9 Å². The Morgan fingerprint density at radius 1 is 1.03 bits per heavy atom. The van der Waals surface area contributed by atoms with Gasteiger partial charge in [-0.2, -0.15) is 0 Å². The molecule has 1 amide bonds. The third-order valence-electron chi connectivity index (χ3n) is 5.82. The van der Waals surface area contributed by atoms with E-state index in [0.29, 0.717) is 16.5 Å². The Kier molecular flexibility index (Phi) is 5.67. The number of phenols is 1. The molecule has 0 spiro atoms. The van der Waals surface area contributed by atoms with E-state index in [1.807, 2.05) is 50.2 Å². The average Bonchev–Trinajstić information content (AvgIpc) is 3.14. The normalized spacial score (nSPS) is 14.6. The van der Waals surface area contributed by atoms with Crippen LogP contribution >= 0.6 is 11.6 Å². The molecule has 0 saturated heterocycles. The molecule has 0 bridgehead atoms. The summed E-state index contributed by atoms with van der Waals surface area (Å²) in [6, 6.07) is 19.5. The minimum Gasteiger partial charge on any atom is -0.508 e. The summed E-state index contributed by atoms with van der Waals surface area (Å²) >= 11 is 6.13. The van der Waals surface area contributed by atoms with Gasteiger partial charge in [0.05, 0.1) is 23.4 Å². The number of phenolic OH excluding ortho intramolecular Hbond substituents is 1. The number of aryl methyl sites for hydroxylation is 2. The van der Waals surface area contributed by atoms with E-state index in [1.165, 1.54) is 12.1 Å². The summed E-state index contributed by atoms with van der Waals surface area (Å²) in [7, 11) is 0. The van der Waals surface area contributed by atoms with Crippen LogP contribution in [0.4, 0.5) is 5.69 Å². The molecule has 34 heavy (non-hydrogen) atoms. The highest BCUT2D eigenvalue weighted by Gasteiger charge is 2.31. The number of nitrogens with zero attached hydrogens (tertiary/aromatic N) is 2. The number of aliphatic imine (C=N–C) groups is 1. The average molecular weight is 472 g/mol. The van der Waals surface area contributed by atoms with Gasteiger partial charge in [0.15, 0.2) is 5.76 Å².